The Labute approximate surface area is 163 Å². The number of carbonyl (C=O) groups excluding carboxylic acids is 1. The molecular weight excluding hydrogens is 364 g/mol. The number of anilines is 2. The lowest BCUT2D eigenvalue weighted by Gasteiger charge is -2.33. The highest BCUT2D eigenvalue weighted by atomic mass is 35.5. The molecule has 1 amide bonds. The highest BCUT2D eigenvalue weighted by Crippen LogP contribution is 2.35. The SMILES string of the molecule is O=C(CC1CC1)NNc1nncc(N2CCC(c3ccccn3)CC2)c1Cl. The van der Waals surface area contributed by atoms with Crippen molar-refractivity contribution in [2.24, 2.45) is 5.92 Å². The van der Waals surface area contributed by atoms with E-state index >= 15 is 0 Å². The van der Waals surface area contributed by atoms with E-state index in [1.807, 2.05) is 18.3 Å². The van der Waals surface area contributed by atoms with E-state index < -0.39 is 0 Å². The van der Waals surface area contributed by atoms with Crippen LogP contribution in [0.2, 0.25) is 5.02 Å². The summed E-state index contributed by atoms with van der Waals surface area (Å²) < 4.78 is 0. The largest absolute Gasteiger partial charge is 0.369 e. The minimum atomic E-state index is -0.0445. The van der Waals surface area contributed by atoms with Crippen LogP contribution in [-0.2, 0) is 4.79 Å². The molecule has 142 valence electrons. The number of rotatable bonds is 6. The van der Waals surface area contributed by atoms with Crippen LogP contribution in [0.15, 0.2) is 30.6 Å². The molecule has 0 atom stereocenters. The molecule has 7 nitrogen and oxygen atoms in total. The van der Waals surface area contributed by atoms with E-state index in [4.69, 9.17) is 11.6 Å². The number of nitrogens with zero attached hydrogens (tertiary/aromatic N) is 4. The van der Waals surface area contributed by atoms with Crippen LogP contribution in [0.1, 0.15) is 43.7 Å². The van der Waals surface area contributed by atoms with Gasteiger partial charge in [0.05, 0.1) is 11.9 Å². The molecule has 0 aromatic carbocycles. The second-order valence-corrected chi connectivity index (χ2v) is 7.61. The quantitative estimate of drug-likeness (QED) is 0.742. The van der Waals surface area contributed by atoms with E-state index in [-0.39, 0.29) is 5.91 Å². The van der Waals surface area contributed by atoms with Crippen LogP contribution in [0.3, 0.4) is 0 Å². The van der Waals surface area contributed by atoms with Gasteiger partial charge in [-0.1, -0.05) is 17.7 Å². The molecule has 0 radical (unpaired) electrons. The first-order valence-electron chi connectivity index (χ1n) is 9.42. The highest BCUT2D eigenvalue weighted by Gasteiger charge is 2.26. The van der Waals surface area contributed by atoms with Crippen LogP contribution in [0.25, 0.3) is 0 Å². The summed E-state index contributed by atoms with van der Waals surface area (Å²) in [6.45, 7) is 1.75. The van der Waals surface area contributed by atoms with Crippen LogP contribution in [0, 0.1) is 5.92 Å². The minimum Gasteiger partial charge on any atom is -0.369 e. The molecule has 2 N–H and O–H groups in total. The zero-order chi connectivity index (χ0) is 18.6. The molecule has 0 unspecified atom stereocenters. The van der Waals surface area contributed by atoms with Gasteiger partial charge < -0.3 is 4.90 Å². The zero-order valence-electron chi connectivity index (χ0n) is 15.1. The normalized spacial score (nSPS) is 17.6. The number of pyridine rings is 1. The predicted molar refractivity (Wildman–Crippen MR) is 105 cm³/mol. The van der Waals surface area contributed by atoms with Crippen LogP contribution < -0.4 is 15.8 Å². The number of hydrazine groups is 1. The summed E-state index contributed by atoms with van der Waals surface area (Å²) in [5.41, 5.74) is 7.47. The van der Waals surface area contributed by atoms with Crippen molar-refractivity contribution in [2.45, 2.75) is 38.0 Å². The average molecular weight is 387 g/mol. The Balaban J connectivity index is 1.37. The number of hydrogen-bond acceptors (Lipinski definition) is 6. The smallest absolute Gasteiger partial charge is 0.238 e. The number of aromatic nitrogens is 3. The Kier molecular flexibility index (Phi) is 5.38. The summed E-state index contributed by atoms with van der Waals surface area (Å²) in [4.78, 5) is 18.6. The molecule has 2 aromatic rings. The van der Waals surface area contributed by atoms with Crippen LogP contribution in [-0.4, -0.2) is 34.2 Å². The molecule has 27 heavy (non-hydrogen) atoms. The maximum absolute atomic E-state index is 11.9. The van der Waals surface area contributed by atoms with Gasteiger partial charge in [-0.2, -0.15) is 5.10 Å². The van der Waals surface area contributed by atoms with Gasteiger partial charge in [-0.15, -0.1) is 5.10 Å². The number of piperidine rings is 1. The first-order chi connectivity index (χ1) is 13.2. The van der Waals surface area contributed by atoms with Crippen LogP contribution in [0.5, 0.6) is 0 Å². The molecule has 1 saturated heterocycles. The summed E-state index contributed by atoms with van der Waals surface area (Å²) in [7, 11) is 0. The molecule has 1 aliphatic carbocycles. The lowest BCUT2D eigenvalue weighted by molar-refractivity contribution is -0.120. The molecule has 8 heteroatoms. The maximum Gasteiger partial charge on any atom is 0.238 e. The third kappa shape index (κ3) is 4.47. The van der Waals surface area contributed by atoms with Gasteiger partial charge >= 0.3 is 0 Å². The molecular formula is C19H23ClN6O. The molecule has 1 saturated carbocycles. The fraction of sp³-hybridized carbons (Fsp3) is 0.474. The van der Waals surface area contributed by atoms with Gasteiger partial charge in [-0.05, 0) is 43.7 Å². The Morgan fingerprint density at radius 1 is 1.22 bits per heavy atom. The second kappa shape index (κ2) is 8.08. The Morgan fingerprint density at radius 2 is 2.04 bits per heavy atom. The molecule has 3 heterocycles. The maximum atomic E-state index is 11.9. The van der Waals surface area contributed by atoms with Crippen LogP contribution >= 0.6 is 11.6 Å². The van der Waals surface area contributed by atoms with E-state index in [1.165, 1.54) is 0 Å². The highest BCUT2D eigenvalue weighted by molar-refractivity contribution is 6.35. The van der Waals surface area contributed by atoms with Gasteiger partial charge in [0, 0.05) is 37.3 Å². The monoisotopic (exact) mass is 386 g/mol. The molecule has 0 spiro atoms. The van der Waals surface area contributed by atoms with E-state index in [9.17, 15) is 4.79 Å². The van der Waals surface area contributed by atoms with Crippen molar-refractivity contribution >= 4 is 29.0 Å². The van der Waals surface area contributed by atoms with Gasteiger partial charge in [-0.3, -0.25) is 20.6 Å². The van der Waals surface area contributed by atoms with Gasteiger partial charge in [0.15, 0.2) is 5.82 Å². The first kappa shape index (κ1) is 18.0. The Morgan fingerprint density at radius 3 is 2.74 bits per heavy atom. The summed E-state index contributed by atoms with van der Waals surface area (Å²) in [5, 5.41) is 8.55. The van der Waals surface area contributed by atoms with E-state index in [1.54, 1.807) is 6.20 Å². The summed E-state index contributed by atoms with van der Waals surface area (Å²) in [6.07, 6.45) is 8.36. The van der Waals surface area contributed by atoms with Crippen molar-refractivity contribution in [1.29, 1.82) is 0 Å². The lowest BCUT2D eigenvalue weighted by atomic mass is 9.93. The number of hydrogen-bond donors (Lipinski definition) is 2. The molecule has 2 aromatic heterocycles. The Hall–Kier alpha value is -2.41. The fourth-order valence-corrected chi connectivity index (χ4v) is 3.71. The summed E-state index contributed by atoms with van der Waals surface area (Å²) in [5.74, 6) is 1.33. The number of nitrogens with one attached hydrogen (secondary N) is 2. The second-order valence-electron chi connectivity index (χ2n) is 7.23. The van der Waals surface area contributed by atoms with Crippen LogP contribution in [0.4, 0.5) is 11.5 Å². The van der Waals surface area contributed by atoms with E-state index in [2.05, 4.69) is 37.0 Å². The number of amides is 1. The predicted octanol–water partition coefficient (Wildman–Crippen LogP) is 3.15. The van der Waals surface area contributed by atoms with E-state index in [0.717, 1.165) is 50.2 Å². The van der Waals surface area contributed by atoms with Gasteiger partial charge in [0.2, 0.25) is 5.91 Å². The first-order valence-corrected chi connectivity index (χ1v) is 9.80. The van der Waals surface area contributed by atoms with Crippen molar-refractivity contribution in [1.82, 2.24) is 20.6 Å². The molecule has 2 aliphatic rings. The third-order valence-corrected chi connectivity index (χ3v) is 5.58. The summed E-state index contributed by atoms with van der Waals surface area (Å²) >= 11 is 6.53. The van der Waals surface area contributed by atoms with Crippen molar-refractivity contribution < 1.29 is 4.79 Å². The average Bonchev–Trinajstić information content (AvgIpc) is 3.52. The topological polar surface area (TPSA) is 83.0 Å². The van der Waals surface area contributed by atoms with Gasteiger partial charge in [0.1, 0.15) is 5.02 Å². The third-order valence-electron chi connectivity index (χ3n) is 5.20. The van der Waals surface area contributed by atoms with E-state index in [0.29, 0.717) is 29.1 Å². The van der Waals surface area contributed by atoms with Gasteiger partial charge in [-0.25, -0.2) is 0 Å². The minimum absolute atomic E-state index is 0.0445. The van der Waals surface area contributed by atoms with Gasteiger partial charge in [0.25, 0.3) is 0 Å². The zero-order valence-corrected chi connectivity index (χ0v) is 15.8. The van der Waals surface area contributed by atoms with Crippen molar-refractivity contribution in [3.63, 3.8) is 0 Å². The number of halogens is 1. The lowest BCUT2D eigenvalue weighted by Crippen LogP contribution is -2.34. The molecule has 4 rings (SSSR count). The molecule has 2 fully saturated rings. The molecule has 0 bridgehead atoms. The number of carbonyl (C=O) groups is 1. The van der Waals surface area contributed by atoms with Crippen molar-refractivity contribution in [3.8, 4) is 0 Å². The van der Waals surface area contributed by atoms with Crippen molar-refractivity contribution in [3.05, 3.63) is 41.3 Å². The summed E-state index contributed by atoms with van der Waals surface area (Å²) in [6, 6.07) is 6.07. The van der Waals surface area contributed by atoms with Crippen molar-refractivity contribution in [2.75, 3.05) is 23.4 Å². The standard InChI is InChI=1S/C19H23ClN6O/c20-18-16(12-22-24-19(18)25-23-17(27)11-13-4-5-13)26-9-6-14(7-10-26)15-3-1-2-8-21-15/h1-3,8,12-14H,4-7,9-11H2,(H,23,27)(H,24,25). The molecule has 1 aliphatic heterocycles. The fourth-order valence-electron chi connectivity index (χ4n) is 3.46. The Bertz CT molecular complexity index is 790.